The number of hydrogen-bond acceptors (Lipinski definition) is 8. The lowest BCUT2D eigenvalue weighted by Crippen LogP contribution is -2.60. The van der Waals surface area contributed by atoms with E-state index in [0.29, 0.717) is 77.6 Å². The number of alkyl halides is 4. The molecule has 0 bridgehead atoms. The van der Waals surface area contributed by atoms with E-state index in [0.717, 1.165) is 69.5 Å². The first-order chi connectivity index (χ1) is 36.6. The summed E-state index contributed by atoms with van der Waals surface area (Å²) in [5, 5.41) is 23.3. The molecule has 1 aromatic heterocycles. The predicted molar refractivity (Wildman–Crippen MR) is 295 cm³/mol. The number of fused-ring (bicyclic) bond motifs is 2. The Balaban J connectivity index is 0.799. The maximum Gasteiger partial charge on any atom is 0.406 e. The van der Waals surface area contributed by atoms with E-state index in [1.807, 2.05) is 71.4 Å². The number of aliphatic carboxylic acids is 1. The highest BCUT2D eigenvalue weighted by Crippen LogP contribution is 2.36. The monoisotopic (exact) mass is 1130 g/mol. The average Bonchev–Trinajstić information content (AvgIpc) is 3.81. The molecule has 0 unspecified atom stereocenters. The Hall–Kier alpha value is -6.32. The van der Waals surface area contributed by atoms with Crippen LogP contribution in [0.25, 0.3) is 21.7 Å². The van der Waals surface area contributed by atoms with Crippen molar-refractivity contribution in [2.24, 2.45) is 0 Å². The summed E-state index contributed by atoms with van der Waals surface area (Å²) in [6.45, 7) is 1.08. The second kappa shape index (κ2) is 25.7. The number of likely N-dealkylation sites (tertiary alicyclic amines) is 1. The Kier molecular flexibility index (Phi) is 18.9. The molecular formula is C58H63BrClF4N7O5. The molecule has 8 rings (SSSR count). The van der Waals surface area contributed by atoms with Gasteiger partial charge in [0.05, 0.1) is 49.2 Å². The van der Waals surface area contributed by atoms with E-state index in [9.17, 15) is 37.1 Å². The highest BCUT2D eigenvalue weighted by molar-refractivity contribution is 9.10. The summed E-state index contributed by atoms with van der Waals surface area (Å²) in [7, 11) is 3.33. The second-order valence-corrected chi connectivity index (χ2v) is 20.9. The summed E-state index contributed by atoms with van der Waals surface area (Å²) in [6, 6.07) is 28.8. The van der Waals surface area contributed by atoms with Crippen LogP contribution in [0.15, 0.2) is 108 Å². The number of nitrogens with one attached hydrogen (secondary N) is 3. The Morgan fingerprint density at radius 3 is 2.42 bits per heavy atom. The van der Waals surface area contributed by atoms with Crippen LogP contribution in [0.5, 0.6) is 5.75 Å². The number of methoxy groups -OCH3 is 1. The number of ether oxygens (including phenoxy) is 1. The number of carbonyl (C=O) groups excluding carboxylic acids is 2. The fourth-order valence-corrected chi connectivity index (χ4v) is 11.2. The number of carboxylic acids is 1. The van der Waals surface area contributed by atoms with Gasteiger partial charge in [0.1, 0.15) is 24.5 Å². The van der Waals surface area contributed by atoms with Gasteiger partial charge in [0.2, 0.25) is 5.91 Å². The number of benzene rings is 5. The van der Waals surface area contributed by atoms with Crippen molar-refractivity contribution in [3.8, 4) is 17.6 Å². The van der Waals surface area contributed by atoms with Gasteiger partial charge in [-0.25, -0.2) is 4.39 Å². The van der Waals surface area contributed by atoms with Crippen LogP contribution in [0.4, 0.5) is 28.9 Å². The van der Waals surface area contributed by atoms with Gasteiger partial charge < -0.3 is 40.2 Å². The molecule has 5 aromatic carbocycles. The normalized spacial score (nSPS) is 18.4. The van der Waals surface area contributed by atoms with Crippen LogP contribution in [-0.2, 0) is 22.6 Å². The molecule has 0 aliphatic carbocycles. The van der Waals surface area contributed by atoms with E-state index in [1.54, 1.807) is 53.4 Å². The molecule has 76 heavy (non-hydrogen) atoms. The number of anilines is 2. The van der Waals surface area contributed by atoms with Gasteiger partial charge in [-0.2, -0.15) is 13.2 Å². The molecule has 4 N–H and O–H groups in total. The van der Waals surface area contributed by atoms with E-state index < -0.39 is 43.0 Å². The lowest BCUT2D eigenvalue weighted by atomic mass is 9.91. The van der Waals surface area contributed by atoms with Crippen LogP contribution in [-0.4, -0.2) is 127 Å². The highest BCUT2D eigenvalue weighted by Gasteiger charge is 2.45. The minimum atomic E-state index is -4.50. The number of rotatable bonds is 21. The van der Waals surface area contributed by atoms with Gasteiger partial charge in [0, 0.05) is 52.3 Å². The molecule has 0 radical (unpaired) electrons. The van der Waals surface area contributed by atoms with Crippen molar-refractivity contribution in [3.63, 3.8) is 0 Å². The molecule has 6 aromatic rings. The minimum absolute atomic E-state index is 0.0107. The fourth-order valence-electron chi connectivity index (χ4n) is 10.4. The third-order valence-corrected chi connectivity index (χ3v) is 15.2. The zero-order valence-corrected chi connectivity index (χ0v) is 44.9. The second-order valence-electron chi connectivity index (χ2n) is 19.6. The molecule has 402 valence electrons. The number of piperazine rings is 1. The zero-order chi connectivity index (χ0) is 53.9. The summed E-state index contributed by atoms with van der Waals surface area (Å²) < 4.78 is 63.9. The SMILES string of the molecule is COc1cc(C(=O)NCCCCCCCCN2CC(=O)N(CCc3ccc(Cl)cc3Br)[C@H](c3ccc4ccccc4c3)[C@H]2C(=O)O)ccc1NCC#Cc1cc2c(N[C@@H]3CCN(C)C[C@@H]3F)cccc2n1CC(F)(F)F. The Morgan fingerprint density at radius 1 is 0.895 bits per heavy atom. The molecule has 2 aliphatic heterocycles. The van der Waals surface area contributed by atoms with Crippen LogP contribution in [0, 0.1) is 11.8 Å². The van der Waals surface area contributed by atoms with Gasteiger partial charge in [-0.1, -0.05) is 108 Å². The minimum Gasteiger partial charge on any atom is -0.495 e. The zero-order valence-electron chi connectivity index (χ0n) is 42.6. The molecule has 0 saturated carbocycles. The number of aromatic nitrogens is 1. The Morgan fingerprint density at radius 2 is 1.67 bits per heavy atom. The van der Waals surface area contributed by atoms with Gasteiger partial charge in [-0.3, -0.25) is 19.3 Å². The average molecular weight is 1130 g/mol. The van der Waals surface area contributed by atoms with Gasteiger partial charge in [-0.15, -0.1) is 0 Å². The number of carbonyl (C=O) groups is 3. The van der Waals surface area contributed by atoms with Gasteiger partial charge in [0.15, 0.2) is 0 Å². The van der Waals surface area contributed by atoms with Crippen molar-refractivity contribution in [2.75, 3.05) is 70.6 Å². The molecule has 4 atom stereocenters. The van der Waals surface area contributed by atoms with E-state index in [1.165, 1.54) is 7.11 Å². The van der Waals surface area contributed by atoms with Gasteiger partial charge >= 0.3 is 12.1 Å². The van der Waals surface area contributed by atoms with Crippen LogP contribution in [0.2, 0.25) is 5.02 Å². The number of piperidine rings is 1. The van der Waals surface area contributed by atoms with Crippen LogP contribution < -0.4 is 20.7 Å². The first-order valence-electron chi connectivity index (χ1n) is 25.7. The van der Waals surface area contributed by atoms with Crippen molar-refractivity contribution in [3.05, 3.63) is 135 Å². The van der Waals surface area contributed by atoms with Crippen molar-refractivity contribution in [1.29, 1.82) is 0 Å². The fraction of sp³-hybridized carbons (Fsp3) is 0.397. The topological polar surface area (TPSA) is 131 Å². The summed E-state index contributed by atoms with van der Waals surface area (Å²) >= 11 is 9.78. The van der Waals surface area contributed by atoms with E-state index >= 15 is 0 Å². The molecule has 2 amide bonds. The standard InChI is InChI=1S/C58H63BrClF4N7O5/c1-68-29-25-49(47(61)35-68)67-48-16-11-17-51-45(48)34-44(71(51)37-58(62,63)64)15-12-27-65-50-23-21-42(32-52(50)76-2)56(73)66-26-9-5-3-4-6-10-28-69-36-53(72)70(30-24-39-20-22-43(60)33-46(39)59)54(55(69)57(74)75)41-19-18-38-13-7-8-14-40(38)31-41/h7-8,11,13-14,16-23,31-34,47,49,54-55,65,67H,3-6,9-10,24-30,35-37H2,1-2H3,(H,66,73)(H,74,75)/t47-,49+,54+,55-/m0/s1. The maximum absolute atomic E-state index is 14.9. The number of halogens is 6. The maximum atomic E-state index is 14.9. The molecule has 2 fully saturated rings. The van der Waals surface area contributed by atoms with Crippen molar-refractivity contribution < 1.29 is 41.8 Å². The summed E-state index contributed by atoms with van der Waals surface area (Å²) in [5.74, 6) is 4.86. The van der Waals surface area contributed by atoms with Crippen molar-refractivity contribution >= 4 is 78.4 Å². The third kappa shape index (κ3) is 14.2. The van der Waals surface area contributed by atoms with Gasteiger partial charge in [0.25, 0.3) is 5.91 Å². The van der Waals surface area contributed by atoms with E-state index in [-0.39, 0.29) is 37.1 Å². The van der Waals surface area contributed by atoms with Crippen molar-refractivity contribution in [1.82, 2.24) is 24.6 Å². The summed E-state index contributed by atoms with van der Waals surface area (Å²) in [5.41, 5.74) is 3.75. The highest BCUT2D eigenvalue weighted by atomic mass is 79.9. The summed E-state index contributed by atoms with van der Waals surface area (Å²) in [6.07, 6.45) is 0.497. The largest absolute Gasteiger partial charge is 0.495 e. The first-order valence-corrected chi connectivity index (χ1v) is 26.9. The van der Waals surface area contributed by atoms with E-state index in [2.05, 4.69) is 43.7 Å². The molecular weight excluding hydrogens is 1070 g/mol. The number of unbranched alkanes of at least 4 members (excludes halogenated alkanes) is 5. The third-order valence-electron chi connectivity index (χ3n) is 14.3. The Bertz CT molecular complexity index is 3090. The lowest BCUT2D eigenvalue weighted by molar-refractivity contribution is -0.157. The molecule has 2 saturated heterocycles. The number of carboxylic acid groups (broad SMARTS) is 1. The molecule has 18 heteroatoms. The number of hydrogen-bond donors (Lipinski definition) is 4. The number of amides is 2. The first kappa shape index (κ1) is 55.9. The lowest BCUT2D eigenvalue weighted by Gasteiger charge is -2.46. The molecule has 12 nitrogen and oxygen atoms in total. The van der Waals surface area contributed by atoms with Gasteiger partial charge in [-0.05, 0) is 122 Å². The quantitative estimate of drug-likeness (QED) is 0.0316. The Labute approximate surface area is 454 Å². The molecule has 0 spiro atoms. The molecule has 2 aliphatic rings. The van der Waals surface area contributed by atoms with Crippen molar-refractivity contribution in [2.45, 2.75) is 88.4 Å². The van der Waals surface area contributed by atoms with Crippen LogP contribution in [0.3, 0.4) is 0 Å². The van der Waals surface area contributed by atoms with Crippen LogP contribution in [0.1, 0.15) is 78.2 Å². The summed E-state index contributed by atoms with van der Waals surface area (Å²) in [4.78, 5) is 45.8. The number of nitrogens with zero attached hydrogens (tertiary/aromatic N) is 4. The molecule has 3 heterocycles. The van der Waals surface area contributed by atoms with E-state index in [4.69, 9.17) is 16.3 Å². The predicted octanol–water partition coefficient (Wildman–Crippen LogP) is 11.4. The smallest absolute Gasteiger partial charge is 0.406 e. The van der Waals surface area contributed by atoms with Crippen LogP contribution >= 0.6 is 27.5 Å².